The number of hydrogen-bond acceptors (Lipinski definition) is 4. The molecule has 0 aliphatic heterocycles. The van der Waals surface area contributed by atoms with E-state index in [1.165, 1.54) is 10.9 Å². The molecule has 0 amide bonds. The van der Waals surface area contributed by atoms with E-state index in [-0.39, 0.29) is 21.9 Å². The van der Waals surface area contributed by atoms with Crippen LogP contribution in [0.15, 0.2) is 41.6 Å². The van der Waals surface area contributed by atoms with Gasteiger partial charge in [-0.15, -0.1) is 0 Å². The molecule has 0 spiro atoms. The maximum atomic E-state index is 12.5. The number of nitrogens with zero attached hydrogens (tertiary/aromatic N) is 3. The predicted molar refractivity (Wildman–Crippen MR) is 80.4 cm³/mol. The van der Waals surface area contributed by atoms with E-state index in [4.69, 9.17) is 11.6 Å². The summed E-state index contributed by atoms with van der Waals surface area (Å²) in [5.41, 5.74) is 0. The summed E-state index contributed by atoms with van der Waals surface area (Å²) < 4.78 is 27.6. The highest BCUT2D eigenvalue weighted by molar-refractivity contribution is 7.89. The summed E-state index contributed by atoms with van der Waals surface area (Å²) >= 11 is 5.97. The third-order valence-corrected chi connectivity index (χ3v) is 5.05. The van der Waals surface area contributed by atoms with Crippen molar-refractivity contribution >= 4 is 21.6 Å². The van der Waals surface area contributed by atoms with Crippen LogP contribution in [0.2, 0.25) is 5.02 Å². The minimum atomic E-state index is -3.69. The normalized spacial score (nSPS) is 13.5. The molecule has 21 heavy (non-hydrogen) atoms. The van der Waals surface area contributed by atoms with Crippen molar-refractivity contribution in [1.82, 2.24) is 19.7 Å². The fraction of sp³-hybridized carbons (Fsp3) is 0.385. The van der Waals surface area contributed by atoms with Gasteiger partial charge in [0, 0.05) is 6.04 Å². The van der Waals surface area contributed by atoms with E-state index in [1.807, 2.05) is 13.8 Å². The standard InChI is InChI=1S/C13H17ClN4O2S/c1-10(2)12(9-18-15-7-8-16-18)17-21(19,20)13-6-4-3-5-11(13)14/h3-8,10,12,17H,9H2,1-2H3/t12-/m1/s1. The first-order valence-electron chi connectivity index (χ1n) is 6.51. The molecule has 0 radical (unpaired) electrons. The van der Waals surface area contributed by atoms with Gasteiger partial charge in [-0.2, -0.15) is 15.0 Å². The van der Waals surface area contributed by atoms with Crippen molar-refractivity contribution < 1.29 is 8.42 Å². The van der Waals surface area contributed by atoms with Crippen LogP contribution in [-0.2, 0) is 16.6 Å². The summed E-state index contributed by atoms with van der Waals surface area (Å²) in [6, 6.07) is 6.03. The molecule has 1 aromatic heterocycles. The highest BCUT2D eigenvalue weighted by atomic mass is 35.5. The Morgan fingerprint density at radius 2 is 1.86 bits per heavy atom. The summed E-state index contributed by atoms with van der Waals surface area (Å²) in [4.78, 5) is 1.53. The number of sulfonamides is 1. The Balaban J connectivity index is 2.22. The molecular weight excluding hydrogens is 312 g/mol. The highest BCUT2D eigenvalue weighted by Crippen LogP contribution is 2.21. The van der Waals surface area contributed by atoms with Crippen molar-refractivity contribution in [3.63, 3.8) is 0 Å². The molecule has 2 rings (SSSR count). The lowest BCUT2D eigenvalue weighted by Crippen LogP contribution is -2.42. The predicted octanol–water partition coefficient (Wildman–Crippen LogP) is 1.93. The minimum absolute atomic E-state index is 0.0748. The Morgan fingerprint density at radius 3 is 2.43 bits per heavy atom. The molecule has 0 fully saturated rings. The lowest BCUT2D eigenvalue weighted by Gasteiger charge is -2.22. The molecule has 8 heteroatoms. The van der Waals surface area contributed by atoms with Crippen molar-refractivity contribution in [3.8, 4) is 0 Å². The summed E-state index contributed by atoms with van der Waals surface area (Å²) in [6.07, 6.45) is 3.11. The zero-order valence-corrected chi connectivity index (χ0v) is 13.3. The number of rotatable bonds is 6. The first-order chi connectivity index (χ1) is 9.90. The van der Waals surface area contributed by atoms with E-state index < -0.39 is 10.0 Å². The second kappa shape index (κ2) is 6.55. The molecule has 0 saturated heterocycles. The number of halogens is 1. The van der Waals surface area contributed by atoms with Gasteiger partial charge in [-0.1, -0.05) is 37.6 Å². The van der Waals surface area contributed by atoms with Crippen molar-refractivity contribution in [2.45, 2.75) is 31.3 Å². The fourth-order valence-electron chi connectivity index (χ4n) is 1.82. The fourth-order valence-corrected chi connectivity index (χ4v) is 3.72. The monoisotopic (exact) mass is 328 g/mol. The van der Waals surface area contributed by atoms with Crippen LogP contribution in [0.3, 0.4) is 0 Å². The topological polar surface area (TPSA) is 76.9 Å². The number of benzene rings is 1. The average Bonchev–Trinajstić information content (AvgIpc) is 2.91. The van der Waals surface area contributed by atoms with E-state index in [9.17, 15) is 8.42 Å². The molecule has 1 N–H and O–H groups in total. The van der Waals surface area contributed by atoms with Crippen LogP contribution in [0.25, 0.3) is 0 Å². The van der Waals surface area contributed by atoms with Gasteiger partial charge in [-0.05, 0) is 18.1 Å². The molecule has 114 valence electrons. The van der Waals surface area contributed by atoms with E-state index in [2.05, 4.69) is 14.9 Å². The van der Waals surface area contributed by atoms with Crippen molar-refractivity contribution in [1.29, 1.82) is 0 Å². The zero-order chi connectivity index (χ0) is 15.5. The lowest BCUT2D eigenvalue weighted by molar-refractivity contribution is 0.361. The van der Waals surface area contributed by atoms with Crippen molar-refractivity contribution in [3.05, 3.63) is 41.7 Å². The maximum Gasteiger partial charge on any atom is 0.242 e. The summed E-state index contributed by atoms with van der Waals surface area (Å²) in [6.45, 7) is 4.22. The second-order valence-corrected chi connectivity index (χ2v) is 7.08. The SMILES string of the molecule is CC(C)[C@@H](Cn1nccn1)NS(=O)(=O)c1ccccc1Cl. The second-order valence-electron chi connectivity index (χ2n) is 4.99. The Labute approximate surface area is 129 Å². The first kappa shape index (κ1) is 15.9. The quantitative estimate of drug-likeness (QED) is 0.879. The molecule has 2 aromatic rings. The lowest BCUT2D eigenvalue weighted by atomic mass is 10.1. The Kier molecular flexibility index (Phi) is 4.97. The number of nitrogens with one attached hydrogen (secondary N) is 1. The van der Waals surface area contributed by atoms with Crippen LogP contribution >= 0.6 is 11.6 Å². The minimum Gasteiger partial charge on any atom is -0.207 e. The van der Waals surface area contributed by atoms with Crippen molar-refractivity contribution in [2.75, 3.05) is 0 Å². The van der Waals surface area contributed by atoms with E-state index in [0.29, 0.717) is 6.54 Å². The first-order valence-corrected chi connectivity index (χ1v) is 8.37. The molecule has 0 unspecified atom stereocenters. The molecule has 0 aliphatic carbocycles. The Bertz CT molecular complexity index is 686. The van der Waals surface area contributed by atoms with Gasteiger partial charge in [0.1, 0.15) is 4.90 Å². The number of hydrogen-bond donors (Lipinski definition) is 1. The van der Waals surface area contributed by atoms with Gasteiger partial charge < -0.3 is 0 Å². The Morgan fingerprint density at radius 1 is 1.24 bits per heavy atom. The molecule has 1 atom stereocenters. The molecular formula is C13H17ClN4O2S. The van der Waals surface area contributed by atoms with Gasteiger partial charge >= 0.3 is 0 Å². The summed E-state index contributed by atoms with van der Waals surface area (Å²) in [5, 5.41) is 8.21. The largest absolute Gasteiger partial charge is 0.242 e. The van der Waals surface area contributed by atoms with Crippen LogP contribution in [0.4, 0.5) is 0 Å². The van der Waals surface area contributed by atoms with Gasteiger partial charge in [0.25, 0.3) is 0 Å². The van der Waals surface area contributed by atoms with Crippen LogP contribution in [-0.4, -0.2) is 29.5 Å². The Hall–Kier alpha value is -1.44. The molecule has 6 nitrogen and oxygen atoms in total. The van der Waals surface area contributed by atoms with E-state index in [0.717, 1.165) is 0 Å². The third kappa shape index (κ3) is 4.03. The van der Waals surface area contributed by atoms with E-state index in [1.54, 1.807) is 30.6 Å². The van der Waals surface area contributed by atoms with Crippen molar-refractivity contribution in [2.24, 2.45) is 5.92 Å². The van der Waals surface area contributed by atoms with E-state index >= 15 is 0 Å². The van der Waals surface area contributed by atoms with Gasteiger partial charge in [0.2, 0.25) is 10.0 Å². The molecule has 1 heterocycles. The van der Waals surface area contributed by atoms with Crippen LogP contribution < -0.4 is 4.72 Å². The zero-order valence-electron chi connectivity index (χ0n) is 11.8. The molecule has 0 aliphatic rings. The highest BCUT2D eigenvalue weighted by Gasteiger charge is 2.24. The number of aromatic nitrogens is 3. The van der Waals surface area contributed by atoms with Gasteiger partial charge in [-0.25, -0.2) is 13.1 Å². The van der Waals surface area contributed by atoms with Crippen LogP contribution in [0.5, 0.6) is 0 Å². The summed E-state index contributed by atoms with van der Waals surface area (Å²) in [5.74, 6) is 0.0771. The van der Waals surface area contributed by atoms with Gasteiger partial charge in [0.15, 0.2) is 0 Å². The molecule has 0 saturated carbocycles. The average molecular weight is 329 g/mol. The van der Waals surface area contributed by atoms with Gasteiger partial charge in [0.05, 0.1) is 24.0 Å². The summed E-state index contributed by atoms with van der Waals surface area (Å²) in [7, 11) is -3.69. The molecule has 0 bridgehead atoms. The van der Waals surface area contributed by atoms with Crippen LogP contribution in [0.1, 0.15) is 13.8 Å². The van der Waals surface area contributed by atoms with Gasteiger partial charge in [-0.3, -0.25) is 0 Å². The van der Waals surface area contributed by atoms with Crippen LogP contribution in [0, 0.1) is 5.92 Å². The third-order valence-electron chi connectivity index (χ3n) is 3.06. The molecule has 1 aromatic carbocycles. The maximum absolute atomic E-state index is 12.5. The smallest absolute Gasteiger partial charge is 0.207 e.